The highest BCUT2D eigenvalue weighted by atomic mass is 14.7. The van der Waals surface area contributed by atoms with Gasteiger partial charge in [0.15, 0.2) is 0 Å². The minimum atomic E-state index is 1.12. The SMILES string of the molecule is C/C=C(C)\C(C)=N/C. The van der Waals surface area contributed by atoms with Crippen LogP contribution < -0.4 is 0 Å². The first kappa shape index (κ1) is 7.41. The fraction of sp³-hybridized carbons (Fsp3) is 0.571. The Bertz CT molecular complexity index is 104. The van der Waals surface area contributed by atoms with Crippen molar-refractivity contribution >= 4 is 5.71 Å². The van der Waals surface area contributed by atoms with Crippen molar-refractivity contribution in [2.75, 3.05) is 7.05 Å². The Kier molecular flexibility index (Phi) is 3.16. The third kappa shape index (κ3) is 1.92. The lowest BCUT2D eigenvalue weighted by molar-refractivity contribution is 1.38. The van der Waals surface area contributed by atoms with E-state index in [9.17, 15) is 0 Å². The first-order chi connectivity index (χ1) is 3.72. The van der Waals surface area contributed by atoms with Crippen molar-refractivity contribution in [3.63, 3.8) is 0 Å². The normalized spacial score (nSPS) is 14.5. The largest absolute Gasteiger partial charge is 0.293 e. The lowest BCUT2D eigenvalue weighted by Crippen LogP contribution is -1.90. The zero-order chi connectivity index (χ0) is 6.57. The highest BCUT2D eigenvalue weighted by molar-refractivity contribution is 5.97. The first-order valence-corrected chi connectivity index (χ1v) is 2.79. The van der Waals surface area contributed by atoms with Crippen LogP contribution in [-0.2, 0) is 0 Å². The molecule has 0 aromatic heterocycles. The van der Waals surface area contributed by atoms with Crippen molar-refractivity contribution in [2.45, 2.75) is 20.8 Å². The van der Waals surface area contributed by atoms with Gasteiger partial charge in [-0.2, -0.15) is 0 Å². The second kappa shape index (κ2) is 3.42. The quantitative estimate of drug-likeness (QED) is 0.459. The molecule has 0 aliphatic rings. The average Bonchev–Trinajstić information content (AvgIpc) is 1.84. The van der Waals surface area contributed by atoms with Crippen molar-refractivity contribution < 1.29 is 0 Å². The van der Waals surface area contributed by atoms with Crippen LogP contribution >= 0.6 is 0 Å². The molecular formula is C7H13N. The molecule has 0 radical (unpaired) electrons. The average molecular weight is 111 g/mol. The highest BCUT2D eigenvalue weighted by Gasteiger charge is 1.86. The van der Waals surface area contributed by atoms with E-state index in [4.69, 9.17) is 0 Å². The molecule has 0 saturated heterocycles. The van der Waals surface area contributed by atoms with Gasteiger partial charge in [0.1, 0.15) is 0 Å². The van der Waals surface area contributed by atoms with Crippen molar-refractivity contribution in [3.05, 3.63) is 11.6 Å². The number of hydrogen-bond donors (Lipinski definition) is 0. The Morgan fingerprint density at radius 2 is 1.88 bits per heavy atom. The molecule has 46 valence electrons. The van der Waals surface area contributed by atoms with Crippen LogP contribution in [0.1, 0.15) is 20.8 Å². The second-order valence-corrected chi connectivity index (χ2v) is 1.78. The lowest BCUT2D eigenvalue weighted by Gasteiger charge is -1.93. The molecular weight excluding hydrogens is 98.1 g/mol. The highest BCUT2D eigenvalue weighted by Crippen LogP contribution is 1.93. The van der Waals surface area contributed by atoms with Gasteiger partial charge < -0.3 is 0 Å². The van der Waals surface area contributed by atoms with Gasteiger partial charge >= 0.3 is 0 Å². The summed E-state index contributed by atoms with van der Waals surface area (Å²) < 4.78 is 0. The van der Waals surface area contributed by atoms with Gasteiger partial charge in [0.2, 0.25) is 0 Å². The molecule has 0 atom stereocenters. The number of hydrogen-bond acceptors (Lipinski definition) is 1. The summed E-state index contributed by atoms with van der Waals surface area (Å²) in [6, 6.07) is 0. The molecule has 0 amide bonds. The number of allylic oxidation sites excluding steroid dienone is 2. The molecule has 0 aromatic carbocycles. The standard InChI is InChI=1S/C7H13N/c1-5-6(2)7(3)8-4/h5H,1-4H3/b6-5-,8-7-. The van der Waals surface area contributed by atoms with Gasteiger partial charge in [-0.05, 0) is 26.3 Å². The van der Waals surface area contributed by atoms with E-state index in [1.165, 1.54) is 5.57 Å². The summed E-state index contributed by atoms with van der Waals surface area (Å²) in [5.41, 5.74) is 2.38. The zero-order valence-electron chi connectivity index (χ0n) is 6.02. The number of aliphatic imine (C=N–C) groups is 1. The van der Waals surface area contributed by atoms with E-state index in [0.29, 0.717) is 0 Å². The smallest absolute Gasteiger partial charge is 0.0339 e. The molecule has 0 aliphatic heterocycles. The van der Waals surface area contributed by atoms with E-state index in [2.05, 4.69) is 18.0 Å². The van der Waals surface area contributed by atoms with E-state index in [0.717, 1.165) is 5.71 Å². The summed E-state index contributed by atoms with van der Waals surface area (Å²) in [4.78, 5) is 4.01. The van der Waals surface area contributed by atoms with Gasteiger partial charge in [-0.25, -0.2) is 0 Å². The minimum Gasteiger partial charge on any atom is -0.293 e. The summed E-state index contributed by atoms with van der Waals surface area (Å²) >= 11 is 0. The monoisotopic (exact) mass is 111 g/mol. The first-order valence-electron chi connectivity index (χ1n) is 2.79. The van der Waals surface area contributed by atoms with E-state index in [1.807, 2.05) is 20.9 Å². The van der Waals surface area contributed by atoms with Crippen LogP contribution in [0.4, 0.5) is 0 Å². The lowest BCUT2D eigenvalue weighted by atomic mass is 10.2. The van der Waals surface area contributed by atoms with Crippen LogP contribution in [-0.4, -0.2) is 12.8 Å². The third-order valence-corrected chi connectivity index (χ3v) is 1.34. The number of nitrogens with zero attached hydrogens (tertiary/aromatic N) is 1. The van der Waals surface area contributed by atoms with Crippen molar-refractivity contribution in [3.8, 4) is 0 Å². The molecule has 8 heavy (non-hydrogen) atoms. The van der Waals surface area contributed by atoms with Gasteiger partial charge in [0, 0.05) is 12.8 Å². The molecule has 0 bridgehead atoms. The van der Waals surface area contributed by atoms with E-state index < -0.39 is 0 Å². The molecule has 0 saturated carbocycles. The van der Waals surface area contributed by atoms with E-state index in [1.54, 1.807) is 0 Å². The molecule has 0 aliphatic carbocycles. The van der Waals surface area contributed by atoms with Crippen LogP contribution in [0.5, 0.6) is 0 Å². The Morgan fingerprint density at radius 1 is 1.38 bits per heavy atom. The van der Waals surface area contributed by atoms with E-state index in [-0.39, 0.29) is 0 Å². The Hall–Kier alpha value is -0.590. The van der Waals surface area contributed by atoms with Crippen molar-refractivity contribution in [2.24, 2.45) is 4.99 Å². The van der Waals surface area contributed by atoms with Crippen LogP contribution in [0.2, 0.25) is 0 Å². The summed E-state index contributed by atoms with van der Waals surface area (Å²) in [7, 11) is 1.81. The number of rotatable bonds is 1. The fourth-order valence-corrected chi connectivity index (χ4v) is 0.385. The summed E-state index contributed by atoms with van der Waals surface area (Å²) in [5, 5.41) is 0. The summed E-state index contributed by atoms with van der Waals surface area (Å²) in [5.74, 6) is 0. The molecule has 0 unspecified atom stereocenters. The topological polar surface area (TPSA) is 12.4 Å². The predicted octanol–water partition coefficient (Wildman–Crippen LogP) is 2.04. The van der Waals surface area contributed by atoms with Gasteiger partial charge in [-0.15, -0.1) is 0 Å². The van der Waals surface area contributed by atoms with Crippen LogP contribution in [0.25, 0.3) is 0 Å². The van der Waals surface area contributed by atoms with Crippen LogP contribution in [0.3, 0.4) is 0 Å². The Morgan fingerprint density at radius 3 is 2.00 bits per heavy atom. The minimum absolute atomic E-state index is 1.12. The molecule has 0 spiro atoms. The molecule has 0 fully saturated rings. The Labute approximate surface area is 51.1 Å². The molecule has 1 nitrogen and oxygen atoms in total. The zero-order valence-corrected chi connectivity index (χ0v) is 6.02. The van der Waals surface area contributed by atoms with Crippen molar-refractivity contribution in [1.82, 2.24) is 0 Å². The van der Waals surface area contributed by atoms with Gasteiger partial charge in [0.25, 0.3) is 0 Å². The second-order valence-electron chi connectivity index (χ2n) is 1.78. The van der Waals surface area contributed by atoms with Crippen LogP contribution in [0, 0.1) is 0 Å². The fourth-order valence-electron chi connectivity index (χ4n) is 0.385. The van der Waals surface area contributed by atoms with E-state index >= 15 is 0 Å². The maximum Gasteiger partial charge on any atom is 0.0339 e. The maximum atomic E-state index is 4.01. The summed E-state index contributed by atoms with van der Waals surface area (Å²) in [6.45, 7) is 6.08. The molecule has 0 heterocycles. The van der Waals surface area contributed by atoms with Gasteiger partial charge in [0.05, 0.1) is 0 Å². The van der Waals surface area contributed by atoms with Crippen molar-refractivity contribution in [1.29, 1.82) is 0 Å². The van der Waals surface area contributed by atoms with Crippen LogP contribution in [0.15, 0.2) is 16.6 Å². The predicted molar refractivity (Wildman–Crippen MR) is 38.5 cm³/mol. The third-order valence-electron chi connectivity index (χ3n) is 1.34. The molecule has 0 rings (SSSR count). The Balaban J connectivity index is 4.04. The molecule has 1 heteroatoms. The molecule has 0 N–H and O–H groups in total. The summed E-state index contributed by atoms with van der Waals surface area (Å²) in [6.07, 6.45) is 2.06. The van der Waals surface area contributed by atoms with Gasteiger partial charge in [-0.3, -0.25) is 4.99 Å². The maximum absolute atomic E-state index is 4.01. The molecule has 0 aromatic rings. The van der Waals surface area contributed by atoms with Gasteiger partial charge in [-0.1, -0.05) is 6.08 Å².